The van der Waals surface area contributed by atoms with E-state index >= 15 is 0 Å². The van der Waals surface area contributed by atoms with Gasteiger partial charge in [-0.15, -0.1) is 11.3 Å². The average Bonchev–Trinajstić information content (AvgIpc) is 3.67. The van der Waals surface area contributed by atoms with Gasteiger partial charge in [0.1, 0.15) is 5.69 Å². The van der Waals surface area contributed by atoms with Gasteiger partial charge in [0.2, 0.25) is 15.9 Å². The number of sulfonamides is 1. The molecule has 14 heteroatoms. The summed E-state index contributed by atoms with van der Waals surface area (Å²) < 4.78 is 38.4. The van der Waals surface area contributed by atoms with Crippen LogP contribution in [0.2, 0.25) is 0 Å². The zero-order chi connectivity index (χ0) is 26.5. The standard InChI is InChI=1S/C24H29N7O5S2/c1-2-36-22-14-25-12-19(28-22)21-13-27-24(37-21)23(32)29-20(15-31-7-9-35-10-8-31)18-11-16(5-6-26-18)30-38(33,34)17-3-4-17/h5-6,11-14,17,20H,2-4,7-10,15H2,1H3,(H,26,30)(H,29,32)/t20-/m1/s1. The van der Waals surface area contributed by atoms with Crippen LogP contribution < -0.4 is 14.8 Å². The number of amides is 1. The summed E-state index contributed by atoms with van der Waals surface area (Å²) in [6.45, 7) is 5.47. The van der Waals surface area contributed by atoms with Gasteiger partial charge in [-0.1, -0.05) is 0 Å². The molecule has 4 heterocycles. The van der Waals surface area contributed by atoms with Gasteiger partial charge in [0.25, 0.3) is 5.91 Å². The first-order valence-electron chi connectivity index (χ1n) is 12.4. The number of morpholine rings is 1. The number of anilines is 1. The van der Waals surface area contributed by atoms with E-state index in [1.807, 2.05) is 6.92 Å². The van der Waals surface area contributed by atoms with Crippen molar-refractivity contribution in [2.24, 2.45) is 0 Å². The molecule has 3 aromatic rings. The Labute approximate surface area is 224 Å². The average molecular weight is 560 g/mol. The molecule has 0 aromatic carbocycles. The van der Waals surface area contributed by atoms with Gasteiger partial charge < -0.3 is 14.8 Å². The van der Waals surface area contributed by atoms with E-state index < -0.39 is 16.1 Å². The Bertz CT molecular complexity index is 1370. The number of thiazole rings is 1. The fourth-order valence-electron chi connectivity index (χ4n) is 3.99. The molecular formula is C24H29N7O5S2. The van der Waals surface area contributed by atoms with Gasteiger partial charge in [-0.25, -0.2) is 18.4 Å². The molecule has 1 saturated heterocycles. The van der Waals surface area contributed by atoms with Crippen molar-refractivity contribution in [3.05, 3.63) is 47.6 Å². The van der Waals surface area contributed by atoms with Crippen molar-refractivity contribution in [1.29, 1.82) is 0 Å². The first-order valence-corrected chi connectivity index (χ1v) is 14.8. The zero-order valence-electron chi connectivity index (χ0n) is 20.9. The minimum Gasteiger partial charge on any atom is -0.477 e. The van der Waals surface area contributed by atoms with Crippen LogP contribution in [0.15, 0.2) is 36.9 Å². The van der Waals surface area contributed by atoms with Gasteiger partial charge in [-0.05, 0) is 31.9 Å². The number of hydrogen-bond donors (Lipinski definition) is 2. The molecule has 2 aliphatic rings. The lowest BCUT2D eigenvalue weighted by Crippen LogP contribution is -2.43. The van der Waals surface area contributed by atoms with Crippen LogP contribution in [0.25, 0.3) is 10.6 Å². The van der Waals surface area contributed by atoms with Crippen molar-refractivity contribution in [2.75, 3.05) is 44.2 Å². The molecule has 1 atom stereocenters. The van der Waals surface area contributed by atoms with Gasteiger partial charge in [0, 0.05) is 32.0 Å². The second kappa shape index (κ2) is 11.7. The second-order valence-electron chi connectivity index (χ2n) is 8.96. The molecule has 202 valence electrons. The molecule has 38 heavy (non-hydrogen) atoms. The minimum absolute atomic E-state index is 0.265. The smallest absolute Gasteiger partial charge is 0.280 e. The molecule has 0 unspecified atom stereocenters. The Morgan fingerprint density at radius 2 is 2.05 bits per heavy atom. The molecule has 2 fully saturated rings. The van der Waals surface area contributed by atoms with E-state index in [4.69, 9.17) is 9.47 Å². The highest BCUT2D eigenvalue weighted by atomic mass is 32.2. The van der Waals surface area contributed by atoms with E-state index in [1.165, 1.54) is 17.5 Å². The van der Waals surface area contributed by atoms with Crippen LogP contribution in [0.5, 0.6) is 5.88 Å². The third kappa shape index (κ3) is 6.62. The first kappa shape index (κ1) is 26.4. The SMILES string of the molecule is CCOc1cncc(-c2cnc(C(=O)N[C@H](CN3CCOCC3)c3cc(NS(=O)(=O)C4CC4)ccn3)s2)n1. The van der Waals surface area contributed by atoms with Crippen LogP contribution in [-0.2, 0) is 14.8 Å². The van der Waals surface area contributed by atoms with Gasteiger partial charge in [0.05, 0.1) is 59.8 Å². The molecule has 1 saturated carbocycles. The maximum atomic E-state index is 13.3. The molecule has 2 N–H and O–H groups in total. The number of pyridine rings is 1. The number of carbonyl (C=O) groups excluding carboxylic acids is 1. The highest BCUT2D eigenvalue weighted by molar-refractivity contribution is 7.93. The van der Waals surface area contributed by atoms with Crippen LogP contribution in [0.3, 0.4) is 0 Å². The topological polar surface area (TPSA) is 149 Å². The highest BCUT2D eigenvalue weighted by Gasteiger charge is 2.36. The Morgan fingerprint density at radius 3 is 2.82 bits per heavy atom. The predicted molar refractivity (Wildman–Crippen MR) is 142 cm³/mol. The number of ether oxygens (including phenoxy) is 2. The summed E-state index contributed by atoms with van der Waals surface area (Å²) in [6.07, 6.45) is 7.59. The number of nitrogens with zero attached hydrogens (tertiary/aromatic N) is 5. The summed E-state index contributed by atoms with van der Waals surface area (Å²) in [6, 6.07) is 2.79. The maximum Gasteiger partial charge on any atom is 0.280 e. The quantitative estimate of drug-likeness (QED) is 0.358. The number of hydrogen-bond acceptors (Lipinski definition) is 11. The molecule has 12 nitrogen and oxygen atoms in total. The van der Waals surface area contributed by atoms with Crippen molar-refractivity contribution in [1.82, 2.24) is 30.2 Å². The van der Waals surface area contributed by atoms with Crippen LogP contribution in [-0.4, -0.2) is 83.9 Å². The number of carbonyl (C=O) groups is 1. The largest absolute Gasteiger partial charge is 0.477 e. The summed E-state index contributed by atoms with van der Waals surface area (Å²) in [5, 5.41) is 2.96. The number of rotatable bonds is 11. The van der Waals surface area contributed by atoms with Crippen molar-refractivity contribution < 1.29 is 22.7 Å². The monoisotopic (exact) mass is 559 g/mol. The second-order valence-corrected chi connectivity index (χ2v) is 12.0. The lowest BCUT2D eigenvalue weighted by Gasteiger charge is -2.30. The van der Waals surface area contributed by atoms with E-state index in [-0.39, 0.29) is 16.2 Å². The first-order chi connectivity index (χ1) is 18.4. The third-order valence-electron chi connectivity index (χ3n) is 6.07. The van der Waals surface area contributed by atoms with Gasteiger partial charge in [-0.2, -0.15) is 0 Å². The van der Waals surface area contributed by atoms with E-state index in [0.717, 1.165) is 13.1 Å². The summed E-state index contributed by atoms with van der Waals surface area (Å²) in [7, 11) is -3.43. The highest BCUT2D eigenvalue weighted by Crippen LogP contribution is 2.30. The molecule has 1 amide bonds. The summed E-state index contributed by atoms with van der Waals surface area (Å²) >= 11 is 1.20. The lowest BCUT2D eigenvalue weighted by atomic mass is 10.1. The number of nitrogens with one attached hydrogen (secondary N) is 2. The fourth-order valence-corrected chi connectivity index (χ4v) is 6.14. The summed E-state index contributed by atoms with van der Waals surface area (Å²) in [5.41, 5.74) is 1.54. The van der Waals surface area contributed by atoms with Crippen molar-refractivity contribution in [2.45, 2.75) is 31.1 Å². The van der Waals surface area contributed by atoms with Crippen molar-refractivity contribution in [3.63, 3.8) is 0 Å². The van der Waals surface area contributed by atoms with Gasteiger partial charge in [-0.3, -0.25) is 24.4 Å². The maximum absolute atomic E-state index is 13.3. The molecule has 0 radical (unpaired) electrons. The molecule has 5 rings (SSSR count). The van der Waals surface area contributed by atoms with Gasteiger partial charge >= 0.3 is 0 Å². The van der Waals surface area contributed by atoms with E-state index in [9.17, 15) is 13.2 Å². The normalized spacial score (nSPS) is 17.1. The van der Waals surface area contributed by atoms with E-state index in [0.29, 0.717) is 67.0 Å². The summed E-state index contributed by atoms with van der Waals surface area (Å²) in [4.78, 5) is 33.5. The van der Waals surface area contributed by atoms with E-state index in [1.54, 1.807) is 30.7 Å². The third-order valence-corrected chi connectivity index (χ3v) is 8.96. The lowest BCUT2D eigenvalue weighted by molar-refractivity contribution is 0.0330. The molecule has 3 aromatic heterocycles. The Hall–Kier alpha value is -3.20. The van der Waals surface area contributed by atoms with Crippen molar-refractivity contribution in [3.8, 4) is 16.5 Å². The Balaban J connectivity index is 1.35. The van der Waals surface area contributed by atoms with Crippen molar-refractivity contribution >= 4 is 33.0 Å². The van der Waals surface area contributed by atoms with Crippen LogP contribution in [0, 0.1) is 0 Å². The fraction of sp³-hybridized carbons (Fsp3) is 0.458. The molecule has 1 aliphatic heterocycles. The van der Waals surface area contributed by atoms with Crippen LogP contribution in [0.4, 0.5) is 5.69 Å². The van der Waals surface area contributed by atoms with Gasteiger partial charge in [0.15, 0.2) is 5.01 Å². The molecule has 0 spiro atoms. The minimum atomic E-state index is -3.43. The molecular weight excluding hydrogens is 530 g/mol. The zero-order valence-corrected chi connectivity index (χ0v) is 22.5. The predicted octanol–water partition coefficient (Wildman–Crippen LogP) is 2.10. The molecule has 0 bridgehead atoms. The van der Waals surface area contributed by atoms with Crippen LogP contribution >= 0.6 is 11.3 Å². The molecule has 1 aliphatic carbocycles. The Kier molecular flexibility index (Phi) is 8.12. The van der Waals surface area contributed by atoms with E-state index in [2.05, 4.69) is 34.9 Å². The van der Waals surface area contributed by atoms with Crippen LogP contribution in [0.1, 0.15) is 41.3 Å². The Morgan fingerprint density at radius 1 is 1.24 bits per heavy atom. The summed E-state index contributed by atoms with van der Waals surface area (Å²) in [5.74, 6) is 0.0393. The number of aromatic nitrogens is 4.